The highest BCUT2D eigenvalue weighted by Gasteiger charge is 2.18. The molecule has 0 radical (unpaired) electrons. The second-order valence-corrected chi connectivity index (χ2v) is 7.52. The molecule has 3 heteroatoms. The van der Waals surface area contributed by atoms with Gasteiger partial charge < -0.3 is 4.90 Å². The molecule has 0 N–H and O–H groups in total. The van der Waals surface area contributed by atoms with E-state index >= 15 is 0 Å². The van der Waals surface area contributed by atoms with Crippen molar-refractivity contribution in [3.8, 4) is 0 Å². The van der Waals surface area contributed by atoms with Crippen LogP contribution >= 0.6 is 11.8 Å². The van der Waals surface area contributed by atoms with Gasteiger partial charge in [0, 0.05) is 29.9 Å². The van der Waals surface area contributed by atoms with Crippen LogP contribution in [-0.2, 0) is 6.42 Å². The smallest absolute Gasteiger partial charge is 0.0309 e. The molecule has 1 aliphatic rings. The zero-order valence-corrected chi connectivity index (χ0v) is 14.5. The minimum atomic E-state index is 0.679. The predicted molar refractivity (Wildman–Crippen MR) is 99.9 cm³/mol. The monoisotopic (exact) mass is 326 g/mol. The van der Waals surface area contributed by atoms with Gasteiger partial charge >= 0.3 is 0 Å². The Morgan fingerprint density at radius 3 is 2.65 bits per heavy atom. The maximum atomic E-state index is 4.08. The van der Waals surface area contributed by atoms with E-state index in [4.69, 9.17) is 0 Å². The number of aromatic nitrogens is 1. The molecule has 0 amide bonds. The van der Waals surface area contributed by atoms with Gasteiger partial charge in [0.25, 0.3) is 0 Å². The Kier molecular flexibility index (Phi) is 6.54. The van der Waals surface area contributed by atoms with Crippen LogP contribution in [0.5, 0.6) is 0 Å². The van der Waals surface area contributed by atoms with Crippen molar-refractivity contribution in [3.05, 3.63) is 66.0 Å². The fourth-order valence-electron chi connectivity index (χ4n) is 3.19. The molecule has 2 heterocycles. The van der Waals surface area contributed by atoms with Gasteiger partial charge in [-0.05, 0) is 62.0 Å². The van der Waals surface area contributed by atoms with Gasteiger partial charge in [0.15, 0.2) is 0 Å². The van der Waals surface area contributed by atoms with Crippen LogP contribution in [0.3, 0.4) is 0 Å². The van der Waals surface area contributed by atoms with Gasteiger partial charge in [-0.3, -0.25) is 4.98 Å². The molecule has 1 fully saturated rings. The Morgan fingerprint density at radius 1 is 1.00 bits per heavy atom. The normalized spacial score (nSPS) is 19.4. The Hall–Kier alpha value is -1.32. The first kappa shape index (κ1) is 16.5. The van der Waals surface area contributed by atoms with E-state index in [1.165, 1.54) is 62.2 Å². The molecule has 0 saturated carbocycles. The summed E-state index contributed by atoms with van der Waals surface area (Å²) < 4.78 is 0. The van der Waals surface area contributed by atoms with Crippen LogP contribution in [0.4, 0.5) is 0 Å². The highest BCUT2D eigenvalue weighted by Crippen LogP contribution is 2.34. The Bertz CT molecular complexity index is 558. The van der Waals surface area contributed by atoms with Gasteiger partial charge in [-0.1, -0.05) is 30.3 Å². The van der Waals surface area contributed by atoms with Crippen LogP contribution in [0.1, 0.15) is 35.6 Å². The number of pyridine rings is 1. The minimum Gasteiger partial charge on any atom is -0.302 e. The zero-order chi connectivity index (χ0) is 15.7. The van der Waals surface area contributed by atoms with Gasteiger partial charge in [0.1, 0.15) is 0 Å². The number of unbranched alkanes of at least 4 members (excludes halogenated alkanes) is 1. The van der Waals surface area contributed by atoms with Gasteiger partial charge in [-0.25, -0.2) is 0 Å². The van der Waals surface area contributed by atoms with E-state index in [1.807, 2.05) is 12.4 Å². The lowest BCUT2D eigenvalue weighted by Gasteiger charge is -2.19. The third-order valence-electron chi connectivity index (χ3n) is 4.54. The molecule has 2 nitrogen and oxygen atoms in total. The second-order valence-electron chi connectivity index (χ2n) is 6.21. The lowest BCUT2D eigenvalue weighted by molar-refractivity contribution is 0.285. The Labute approximate surface area is 144 Å². The van der Waals surface area contributed by atoms with Crippen LogP contribution in [0.2, 0.25) is 0 Å². The second kappa shape index (κ2) is 9.09. The number of hydrogen-bond acceptors (Lipinski definition) is 3. The average Bonchev–Trinajstić information content (AvgIpc) is 2.86. The van der Waals surface area contributed by atoms with Crippen LogP contribution in [0, 0.1) is 0 Å². The first-order valence-corrected chi connectivity index (χ1v) is 9.74. The fourth-order valence-corrected chi connectivity index (χ4v) is 4.46. The van der Waals surface area contributed by atoms with Crippen molar-refractivity contribution in [2.75, 3.05) is 25.4 Å². The quantitative estimate of drug-likeness (QED) is 0.723. The van der Waals surface area contributed by atoms with Crippen molar-refractivity contribution in [1.82, 2.24) is 9.88 Å². The molecule has 1 atom stereocenters. The molecule has 0 spiro atoms. The number of aryl methyl sites for hydroxylation is 1. The molecule has 1 saturated heterocycles. The topological polar surface area (TPSA) is 16.1 Å². The molecule has 1 unspecified atom stereocenters. The molecule has 3 rings (SSSR count). The molecule has 1 aliphatic heterocycles. The van der Waals surface area contributed by atoms with Crippen molar-refractivity contribution in [2.24, 2.45) is 0 Å². The van der Waals surface area contributed by atoms with Crippen LogP contribution in [-0.4, -0.2) is 35.3 Å². The minimum absolute atomic E-state index is 0.679. The van der Waals surface area contributed by atoms with Gasteiger partial charge in [0.05, 0.1) is 0 Å². The van der Waals surface area contributed by atoms with E-state index in [0.29, 0.717) is 5.25 Å². The zero-order valence-electron chi connectivity index (χ0n) is 13.7. The highest BCUT2D eigenvalue weighted by atomic mass is 32.2. The first-order chi connectivity index (χ1) is 11.4. The summed E-state index contributed by atoms with van der Waals surface area (Å²) in [4.78, 5) is 6.73. The SMILES string of the molecule is c1ccc(C2CCN(CCCCc3ccncc3)CCS2)cc1. The lowest BCUT2D eigenvalue weighted by atomic mass is 10.1. The lowest BCUT2D eigenvalue weighted by Crippen LogP contribution is -2.27. The van der Waals surface area contributed by atoms with Crippen molar-refractivity contribution in [1.29, 1.82) is 0 Å². The Morgan fingerprint density at radius 2 is 1.83 bits per heavy atom. The van der Waals surface area contributed by atoms with Crippen molar-refractivity contribution < 1.29 is 0 Å². The highest BCUT2D eigenvalue weighted by molar-refractivity contribution is 7.99. The van der Waals surface area contributed by atoms with Crippen molar-refractivity contribution >= 4 is 11.8 Å². The summed E-state index contributed by atoms with van der Waals surface area (Å²) in [5, 5.41) is 0.679. The van der Waals surface area contributed by atoms with E-state index in [-0.39, 0.29) is 0 Å². The first-order valence-electron chi connectivity index (χ1n) is 8.69. The molecule has 23 heavy (non-hydrogen) atoms. The standard InChI is InChI=1S/C20H26N2S/c1-2-7-19(8-3-1)20-11-15-22(16-17-23-20)14-5-4-6-18-9-12-21-13-10-18/h1-3,7-10,12-13,20H,4-6,11,14-17H2. The number of rotatable bonds is 6. The van der Waals surface area contributed by atoms with Crippen LogP contribution < -0.4 is 0 Å². The van der Waals surface area contributed by atoms with Crippen molar-refractivity contribution in [3.63, 3.8) is 0 Å². The van der Waals surface area contributed by atoms with Crippen molar-refractivity contribution in [2.45, 2.75) is 30.9 Å². The molecular formula is C20H26N2S. The molecule has 2 aromatic rings. The van der Waals surface area contributed by atoms with E-state index in [9.17, 15) is 0 Å². The third kappa shape index (κ3) is 5.36. The number of hydrogen-bond donors (Lipinski definition) is 0. The predicted octanol–water partition coefficient (Wildman–Crippen LogP) is 4.58. The Balaban J connectivity index is 1.38. The maximum Gasteiger partial charge on any atom is 0.0309 e. The summed E-state index contributed by atoms with van der Waals surface area (Å²) >= 11 is 2.13. The molecule has 1 aromatic carbocycles. The van der Waals surface area contributed by atoms with Crippen LogP contribution in [0.25, 0.3) is 0 Å². The van der Waals surface area contributed by atoms with Crippen LogP contribution in [0.15, 0.2) is 54.9 Å². The molecule has 0 aliphatic carbocycles. The summed E-state index contributed by atoms with van der Waals surface area (Å²) in [5.41, 5.74) is 2.91. The van der Waals surface area contributed by atoms with E-state index in [1.54, 1.807) is 0 Å². The molecule has 122 valence electrons. The number of thioether (sulfide) groups is 1. The molecule has 1 aromatic heterocycles. The summed E-state index contributed by atoms with van der Waals surface area (Å²) in [6.45, 7) is 3.72. The molecular weight excluding hydrogens is 300 g/mol. The average molecular weight is 327 g/mol. The summed E-state index contributed by atoms with van der Waals surface area (Å²) in [6.07, 6.45) is 8.81. The van der Waals surface area contributed by atoms with Gasteiger partial charge in [-0.15, -0.1) is 0 Å². The van der Waals surface area contributed by atoms with Gasteiger partial charge in [-0.2, -0.15) is 11.8 Å². The summed E-state index contributed by atoms with van der Waals surface area (Å²) in [6, 6.07) is 15.3. The summed E-state index contributed by atoms with van der Waals surface area (Å²) in [5.74, 6) is 1.25. The summed E-state index contributed by atoms with van der Waals surface area (Å²) in [7, 11) is 0. The molecule has 0 bridgehead atoms. The third-order valence-corrected chi connectivity index (χ3v) is 5.87. The maximum absolute atomic E-state index is 4.08. The largest absolute Gasteiger partial charge is 0.302 e. The van der Waals surface area contributed by atoms with E-state index < -0.39 is 0 Å². The van der Waals surface area contributed by atoms with Gasteiger partial charge in [0.2, 0.25) is 0 Å². The van der Waals surface area contributed by atoms with E-state index in [0.717, 1.165) is 0 Å². The number of nitrogens with zero attached hydrogens (tertiary/aromatic N) is 2. The van der Waals surface area contributed by atoms with E-state index in [2.05, 4.69) is 64.1 Å². The number of benzene rings is 1. The fraction of sp³-hybridized carbons (Fsp3) is 0.450.